The number of benzene rings is 1. The number of hydrogen-bond acceptors (Lipinski definition) is 10. The first-order valence-electron chi connectivity index (χ1n) is 9.75. The van der Waals surface area contributed by atoms with E-state index in [9.17, 15) is 4.79 Å². The molecule has 0 atom stereocenters. The molecule has 0 saturated carbocycles. The van der Waals surface area contributed by atoms with E-state index in [2.05, 4.69) is 15.6 Å². The molecule has 0 saturated heterocycles. The van der Waals surface area contributed by atoms with Crippen molar-refractivity contribution in [3.8, 4) is 40.0 Å². The summed E-state index contributed by atoms with van der Waals surface area (Å²) in [6, 6.07) is 10.2. The van der Waals surface area contributed by atoms with E-state index in [1.54, 1.807) is 36.4 Å². The number of methoxy groups -OCH3 is 3. The number of carbonyl (C=O) groups is 1. The van der Waals surface area contributed by atoms with Gasteiger partial charge in [-0.05, 0) is 24.3 Å². The van der Waals surface area contributed by atoms with Crippen molar-refractivity contribution in [1.82, 2.24) is 10.3 Å². The Morgan fingerprint density at radius 2 is 1.76 bits per heavy atom. The quantitative estimate of drug-likeness (QED) is 0.377. The maximum absolute atomic E-state index is 12.2. The van der Waals surface area contributed by atoms with E-state index < -0.39 is 5.91 Å². The van der Waals surface area contributed by atoms with Gasteiger partial charge < -0.3 is 32.4 Å². The van der Waals surface area contributed by atoms with Crippen molar-refractivity contribution in [3.63, 3.8) is 0 Å². The summed E-state index contributed by atoms with van der Waals surface area (Å²) >= 11 is 0. The van der Waals surface area contributed by atoms with E-state index in [0.717, 1.165) is 0 Å². The molecule has 0 radical (unpaired) electrons. The molecule has 0 aliphatic rings. The fourth-order valence-electron chi connectivity index (χ4n) is 3.04. The van der Waals surface area contributed by atoms with Gasteiger partial charge in [0, 0.05) is 17.7 Å². The number of furan rings is 1. The van der Waals surface area contributed by atoms with Crippen molar-refractivity contribution in [2.24, 2.45) is 0 Å². The zero-order valence-electron chi connectivity index (χ0n) is 18.1. The number of nitrogens with one attached hydrogen (secondary N) is 1. The van der Waals surface area contributed by atoms with Gasteiger partial charge in [-0.3, -0.25) is 10.1 Å². The third-order valence-corrected chi connectivity index (χ3v) is 4.54. The molecule has 0 bridgehead atoms. The molecule has 1 N–H and O–H groups in total. The minimum atomic E-state index is -0.419. The Morgan fingerprint density at radius 1 is 0.970 bits per heavy atom. The molecule has 0 aliphatic heterocycles. The highest BCUT2D eigenvalue weighted by molar-refractivity contribution is 5.90. The minimum absolute atomic E-state index is 0.0880. The molecule has 11 heteroatoms. The predicted octanol–water partition coefficient (Wildman–Crippen LogP) is 3.77. The van der Waals surface area contributed by atoms with Crippen molar-refractivity contribution in [1.29, 1.82) is 0 Å². The van der Waals surface area contributed by atoms with Crippen LogP contribution >= 0.6 is 0 Å². The van der Waals surface area contributed by atoms with Crippen LogP contribution in [0.2, 0.25) is 0 Å². The van der Waals surface area contributed by atoms with Crippen LogP contribution < -0.4 is 19.5 Å². The number of anilines is 1. The molecule has 0 unspecified atom stereocenters. The first kappa shape index (κ1) is 22.0. The number of amides is 1. The maximum atomic E-state index is 12.2. The Kier molecular flexibility index (Phi) is 6.60. The van der Waals surface area contributed by atoms with Crippen LogP contribution in [0.4, 0.5) is 5.88 Å². The summed E-state index contributed by atoms with van der Waals surface area (Å²) in [6.07, 6.45) is 1.54. The predicted molar refractivity (Wildman–Crippen MR) is 114 cm³/mol. The molecule has 33 heavy (non-hydrogen) atoms. The average Bonchev–Trinajstić information content (AvgIpc) is 3.59. The molecule has 1 amide bonds. The number of ether oxygens (including phenoxy) is 4. The van der Waals surface area contributed by atoms with E-state index >= 15 is 0 Å². The average molecular weight is 455 g/mol. The van der Waals surface area contributed by atoms with Crippen molar-refractivity contribution < 1.29 is 37.2 Å². The Morgan fingerprint density at radius 3 is 2.42 bits per heavy atom. The van der Waals surface area contributed by atoms with Gasteiger partial charge >= 0.3 is 0 Å². The number of aromatic nitrogens is 2. The highest BCUT2D eigenvalue weighted by Crippen LogP contribution is 2.41. The standard InChI is InChI=1S/C22H21N3O8/c1-27-18-7-13(8-19(28-2)22(18)29-3)15-10-21(33-25-15)23-20(26)12-30-11-14-9-17(32-24-14)16-5-4-6-31-16/h4-10H,11-12H2,1-3H3,(H,23,26). The van der Waals surface area contributed by atoms with Crippen LogP contribution in [0.15, 0.2) is 56.1 Å². The lowest BCUT2D eigenvalue weighted by Crippen LogP contribution is -2.17. The van der Waals surface area contributed by atoms with Crippen LogP contribution in [-0.2, 0) is 16.1 Å². The topological polar surface area (TPSA) is 131 Å². The SMILES string of the molecule is COc1cc(-c2cc(NC(=O)COCc3cc(-c4ccco4)on3)on2)cc(OC)c1OC. The zero-order valence-corrected chi connectivity index (χ0v) is 18.1. The summed E-state index contributed by atoms with van der Waals surface area (Å²) in [6.45, 7) is -0.131. The Hall–Kier alpha value is -4.25. The summed E-state index contributed by atoms with van der Waals surface area (Å²) in [5.74, 6) is 2.17. The molecule has 3 heterocycles. The lowest BCUT2D eigenvalue weighted by atomic mass is 10.1. The highest BCUT2D eigenvalue weighted by atomic mass is 16.5. The fraction of sp³-hybridized carbons (Fsp3) is 0.227. The van der Waals surface area contributed by atoms with Crippen LogP contribution in [-0.4, -0.2) is 44.2 Å². The van der Waals surface area contributed by atoms with Gasteiger partial charge in [0.1, 0.15) is 18.0 Å². The van der Waals surface area contributed by atoms with E-state index in [4.69, 9.17) is 32.4 Å². The smallest absolute Gasteiger partial charge is 0.252 e. The molecule has 0 aliphatic carbocycles. The largest absolute Gasteiger partial charge is 0.493 e. The number of carbonyl (C=O) groups excluding carboxylic acids is 1. The molecule has 1 aromatic carbocycles. The van der Waals surface area contributed by atoms with Crippen LogP contribution in [0.3, 0.4) is 0 Å². The van der Waals surface area contributed by atoms with Crippen molar-refractivity contribution >= 4 is 11.8 Å². The van der Waals surface area contributed by atoms with Gasteiger partial charge in [0.2, 0.25) is 17.4 Å². The Balaban J connectivity index is 1.33. The van der Waals surface area contributed by atoms with E-state index in [1.165, 1.54) is 27.6 Å². The van der Waals surface area contributed by atoms with Crippen LogP contribution in [0.5, 0.6) is 17.2 Å². The number of rotatable bonds is 10. The van der Waals surface area contributed by atoms with Gasteiger partial charge in [-0.25, -0.2) is 0 Å². The third kappa shape index (κ3) is 4.99. The first-order chi connectivity index (χ1) is 16.1. The molecule has 4 rings (SSSR count). The molecule has 3 aromatic heterocycles. The van der Waals surface area contributed by atoms with Crippen molar-refractivity contribution in [3.05, 3.63) is 48.4 Å². The summed E-state index contributed by atoms with van der Waals surface area (Å²) in [4.78, 5) is 12.2. The molecule has 172 valence electrons. The monoisotopic (exact) mass is 455 g/mol. The Labute approximate surface area is 188 Å². The van der Waals surface area contributed by atoms with Crippen molar-refractivity contribution in [2.45, 2.75) is 6.61 Å². The molecule has 0 spiro atoms. The minimum Gasteiger partial charge on any atom is -0.493 e. The number of nitrogens with zero attached hydrogens (tertiary/aromatic N) is 2. The second-order valence-electron chi connectivity index (χ2n) is 6.69. The van der Waals surface area contributed by atoms with Gasteiger partial charge in [-0.15, -0.1) is 0 Å². The van der Waals surface area contributed by atoms with Gasteiger partial charge in [-0.2, -0.15) is 0 Å². The summed E-state index contributed by atoms with van der Waals surface area (Å²) in [5.41, 5.74) is 1.65. The highest BCUT2D eigenvalue weighted by Gasteiger charge is 2.17. The normalized spacial score (nSPS) is 10.8. The lowest BCUT2D eigenvalue weighted by molar-refractivity contribution is -0.121. The van der Waals surface area contributed by atoms with E-state index in [0.29, 0.717) is 45.7 Å². The zero-order chi connectivity index (χ0) is 23.2. The van der Waals surface area contributed by atoms with E-state index in [1.807, 2.05) is 0 Å². The molecule has 0 fully saturated rings. The second kappa shape index (κ2) is 9.92. The molecular formula is C22H21N3O8. The lowest BCUT2D eigenvalue weighted by Gasteiger charge is -2.13. The Bertz CT molecular complexity index is 1190. The molecular weight excluding hydrogens is 434 g/mol. The van der Waals surface area contributed by atoms with E-state index in [-0.39, 0.29) is 19.1 Å². The van der Waals surface area contributed by atoms with Crippen molar-refractivity contribution in [2.75, 3.05) is 33.3 Å². The number of hydrogen-bond donors (Lipinski definition) is 1. The maximum Gasteiger partial charge on any atom is 0.252 e. The van der Waals surface area contributed by atoms with Gasteiger partial charge in [0.25, 0.3) is 5.91 Å². The van der Waals surface area contributed by atoms with Crippen LogP contribution in [0, 0.1) is 0 Å². The van der Waals surface area contributed by atoms with Crippen LogP contribution in [0.25, 0.3) is 22.8 Å². The fourth-order valence-corrected chi connectivity index (χ4v) is 3.04. The summed E-state index contributed by atoms with van der Waals surface area (Å²) < 4.78 is 37.0. The van der Waals surface area contributed by atoms with Gasteiger partial charge in [0.15, 0.2) is 17.3 Å². The van der Waals surface area contributed by atoms with Crippen LogP contribution in [0.1, 0.15) is 5.69 Å². The summed E-state index contributed by atoms with van der Waals surface area (Å²) in [5, 5.41) is 10.5. The first-order valence-corrected chi connectivity index (χ1v) is 9.75. The summed E-state index contributed by atoms with van der Waals surface area (Å²) in [7, 11) is 4.56. The van der Waals surface area contributed by atoms with Gasteiger partial charge in [-0.1, -0.05) is 10.3 Å². The molecule has 4 aromatic rings. The molecule has 11 nitrogen and oxygen atoms in total. The second-order valence-corrected chi connectivity index (χ2v) is 6.69. The third-order valence-electron chi connectivity index (χ3n) is 4.54. The van der Waals surface area contributed by atoms with Gasteiger partial charge in [0.05, 0.1) is 34.2 Å².